The second-order valence-electron chi connectivity index (χ2n) is 6.95. The van der Waals surface area contributed by atoms with Crippen LogP contribution in [-0.2, 0) is 0 Å². The third kappa shape index (κ3) is 6.31. The van der Waals surface area contributed by atoms with E-state index in [0.717, 1.165) is 6.07 Å². The summed E-state index contributed by atoms with van der Waals surface area (Å²) >= 11 is 0. The van der Waals surface area contributed by atoms with E-state index in [2.05, 4.69) is 30.7 Å². The van der Waals surface area contributed by atoms with Gasteiger partial charge in [-0.1, -0.05) is 18.2 Å². The lowest BCUT2D eigenvalue weighted by Gasteiger charge is -2.14. The van der Waals surface area contributed by atoms with Crippen LogP contribution in [0.4, 0.5) is 40.1 Å². The molecule has 1 aromatic heterocycles. The van der Waals surface area contributed by atoms with Crippen molar-refractivity contribution >= 4 is 40.5 Å². The molecule has 3 amide bonds. The molecule has 0 bridgehead atoms. The van der Waals surface area contributed by atoms with Gasteiger partial charge in [0.25, 0.3) is 0 Å². The Labute approximate surface area is 194 Å². The molecule has 4 aromatic rings. The van der Waals surface area contributed by atoms with Gasteiger partial charge in [0.15, 0.2) is 5.75 Å². The molecule has 1 heterocycles. The van der Waals surface area contributed by atoms with Gasteiger partial charge in [0, 0.05) is 17.8 Å². The Balaban J connectivity index is 1.43. The van der Waals surface area contributed by atoms with Crippen molar-refractivity contribution in [3.8, 4) is 17.2 Å². The smallest absolute Gasteiger partial charge is 0.465 e. The number of urea groups is 1. The Morgan fingerprint density at radius 1 is 0.914 bits per heavy atom. The number of benzene rings is 3. The predicted octanol–water partition coefficient (Wildman–Crippen LogP) is 5.99. The molecule has 5 N–H and O–H groups in total. The number of aromatic amines is 1. The summed E-state index contributed by atoms with van der Waals surface area (Å²) in [6, 6.07) is 15.5. The van der Waals surface area contributed by atoms with Gasteiger partial charge in [-0.15, -0.1) is 13.2 Å². The highest BCUT2D eigenvalue weighted by Gasteiger charge is 2.32. The highest BCUT2D eigenvalue weighted by atomic mass is 19.4. The average molecular weight is 487 g/mol. The largest absolute Gasteiger partial charge is 0.573 e. The highest BCUT2D eigenvalue weighted by Crippen LogP contribution is 2.31. The number of imidazole rings is 1. The van der Waals surface area contributed by atoms with Crippen LogP contribution in [0.2, 0.25) is 0 Å². The number of H-pyrrole nitrogens is 1. The minimum Gasteiger partial charge on any atom is -0.465 e. The van der Waals surface area contributed by atoms with Crippen LogP contribution in [0.1, 0.15) is 0 Å². The summed E-state index contributed by atoms with van der Waals surface area (Å²) in [6.45, 7) is 0. The first-order chi connectivity index (χ1) is 16.6. The molecule has 180 valence electrons. The Morgan fingerprint density at radius 2 is 1.69 bits per heavy atom. The number of carbonyl (C=O) groups excluding carboxylic acids is 1. The van der Waals surface area contributed by atoms with Crippen LogP contribution < -0.4 is 25.4 Å². The Hall–Kier alpha value is -4.94. The molecule has 0 aliphatic heterocycles. The summed E-state index contributed by atoms with van der Waals surface area (Å²) < 4.78 is 47.4. The van der Waals surface area contributed by atoms with E-state index in [-0.39, 0.29) is 11.6 Å². The number of aromatic nitrogens is 2. The van der Waals surface area contributed by atoms with Crippen LogP contribution in [0, 0.1) is 0 Å². The van der Waals surface area contributed by atoms with Crippen LogP contribution in [-0.4, -0.2) is 33.6 Å². The molecular weight excluding hydrogens is 471 g/mol. The Morgan fingerprint density at radius 3 is 2.46 bits per heavy atom. The second-order valence-corrected chi connectivity index (χ2v) is 6.95. The molecule has 0 saturated heterocycles. The molecule has 0 spiro atoms. The third-order valence-corrected chi connectivity index (χ3v) is 4.37. The molecule has 0 aliphatic carbocycles. The second kappa shape index (κ2) is 9.51. The number of hydrogen-bond acceptors (Lipinski definition) is 5. The number of halogens is 3. The van der Waals surface area contributed by atoms with Crippen LogP contribution >= 0.6 is 0 Å². The molecule has 0 aliphatic rings. The molecule has 35 heavy (non-hydrogen) atoms. The molecule has 3 aromatic carbocycles. The van der Waals surface area contributed by atoms with Gasteiger partial charge in [0.05, 0.1) is 16.7 Å². The fourth-order valence-corrected chi connectivity index (χ4v) is 3.05. The quantitative estimate of drug-likeness (QED) is 0.227. The number of amides is 3. The molecule has 0 saturated carbocycles. The lowest BCUT2D eigenvalue weighted by atomic mass is 10.2. The van der Waals surface area contributed by atoms with Gasteiger partial charge in [-0.25, -0.2) is 14.6 Å². The molecule has 0 atom stereocenters. The summed E-state index contributed by atoms with van der Waals surface area (Å²) in [5.74, 6) is 0.265. The van der Waals surface area contributed by atoms with Crippen LogP contribution in [0.25, 0.3) is 11.0 Å². The first-order valence-corrected chi connectivity index (χ1v) is 9.85. The number of carboxylic acid groups (broad SMARTS) is 1. The maximum atomic E-state index is 12.6. The minimum atomic E-state index is -4.91. The highest BCUT2D eigenvalue weighted by molar-refractivity contribution is 6.00. The van der Waals surface area contributed by atoms with Gasteiger partial charge < -0.3 is 30.2 Å². The van der Waals surface area contributed by atoms with Gasteiger partial charge >= 0.3 is 18.5 Å². The van der Waals surface area contributed by atoms with Crippen LogP contribution in [0.3, 0.4) is 0 Å². The normalized spacial score (nSPS) is 11.1. The molecule has 13 heteroatoms. The SMILES string of the molecule is O=C(O)Nc1nc2ccc(Oc3cccc(NC(=O)Nc4ccccc4OC(F)(F)F)c3)cc2[nH]1. The van der Waals surface area contributed by atoms with E-state index in [1.165, 1.54) is 24.3 Å². The summed E-state index contributed by atoms with van der Waals surface area (Å²) in [4.78, 5) is 30.0. The molecule has 10 nitrogen and oxygen atoms in total. The standard InChI is InChI=1S/C22H16F3N5O5/c23-22(24,25)35-18-7-2-1-6-16(18)29-20(31)26-12-4-3-5-13(10-12)34-14-8-9-15-17(11-14)28-19(27-15)30-21(32)33/h1-11H,(H,32,33)(H2,26,29,31)(H2,27,28,30). The number of alkyl halides is 3. The topological polar surface area (TPSA) is 138 Å². The van der Waals surface area contributed by atoms with Gasteiger partial charge in [-0.2, -0.15) is 0 Å². The zero-order valence-electron chi connectivity index (χ0n) is 17.5. The number of hydrogen-bond donors (Lipinski definition) is 5. The van der Waals surface area contributed by atoms with E-state index in [1.807, 2.05) is 0 Å². The van der Waals surface area contributed by atoms with Crippen molar-refractivity contribution in [1.29, 1.82) is 0 Å². The molecular formula is C22H16F3N5O5. The van der Waals surface area contributed by atoms with E-state index >= 15 is 0 Å². The van der Waals surface area contributed by atoms with Crippen molar-refractivity contribution in [3.05, 3.63) is 66.7 Å². The van der Waals surface area contributed by atoms with Crippen LogP contribution in [0.5, 0.6) is 17.2 Å². The van der Waals surface area contributed by atoms with Crippen molar-refractivity contribution in [3.63, 3.8) is 0 Å². The lowest BCUT2D eigenvalue weighted by Crippen LogP contribution is -2.22. The zero-order valence-corrected chi connectivity index (χ0v) is 17.5. The van der Waals surface area contributed by atoms with E-state index in [4.69, 9.17) is 9.84 Å². The Kier molecular flexibility index (Phi) is 6.31. The van der Waals surface area contributed by atoms with Gasteiger partial charge in [-0.3, -0.25) is 5.32 Å². The minimum absolute atomic E-state index is 0.0593. The van der Waals surface area contributed by atoms with E-state index in [1.54, 1.807) is 36.4 Å². The maximum absolute atomic E-state index is 12.6. The van der Waals surface area contributed by atoms with Crippen molar-refractivity contribution in [2.24, 2.45) is 0 Å². The predicted molar refractivity (Wildman–Crippen MR) is 120 cm³/mol. The first-order valence-electron chi connectivity index (χ1n) is 9.85. The van der Waals surface area contributed by atoms with Crippen molar-refractivity contribution in [2.45, 2.75) is 6.36 Å². The Bertz CT molecular complexity index is 1390. The maximum Gasteiger partial charge on any atom is 0.573 e. The third-order valence-electron chi connectivity index (χ3n) is 4.37. The van der Waals surface area contributed by atoms with E-state index in [0.29, 0.717) is 28.2 Å². The van der Waals surface area contributed by atoms with E-state index in [9.17, 15) is 22.8 Å². The number of anilines is 3. The summed E-state index contributed by atoms with van der Waals surface area (Å²) in [5.41, 5.74) is 1.19. The van der Waals surface area contributed by atoms with Gasteiger partial charge in [-0.05, 0) is 36.4 Å². The van der Waals surface area contributed by atoms with Crippen LogP contribution in [0.15, 0.2) is 66.7 Å². The summed E-state index contributed by atoms with van der Waals surface area (Å²) in [5, 5.41) is 15.7. The van der Waals surface area contributed by atoms with Crippen molar-refractivity contribution in [2.75, 3.05) is 16.0 Å². The number of para-hydroxylation sites is 2. The zero-order chi connectivity index (χ0) is 25.0. The lowest BCUT2D eigenvalue weighted by molar-refractivity contribution is -0.274. The number of rotatable bonds is 6. The number of fused-ring (bicyclic) bond motifs is 1. The van der Waals surface area contributed by atoms with E-state index < -0.39 is 24.2 Å². The average Bonchev–Trinajstić information content (AvgIpc) is 3.15. The molecule has 4 rings (SSSR count). The van der Waals surface area contributed by atoms with Crippen molar-refractivity contribution in [1.82, 2.24) is 9.97 Å². The summed E-state index contributed by atoms with van der Waals surface area (Å²) in [7, 11) is 0. The first kappa shape index (κ1) is 23.2. The van der Waals surface area contributed by atoms with Gasteiger partial charge in [0.1, 0.15) is 11.5 Å². The molecule has 0 fully saturated rings. The fraction of sp³-hybridized carbons (Fsp3) is 0.0455. The van der Waals surface area contributed by atoms with Gasteiger partial charge in [0.2, 0.25) is 5.95 Å². The number of nitrogens with one attached hydrogen (secondary N) is 4. The number of nitrogens with zero attached hydrogens (tertiary/aromatic N) is 1. The molecule has 0 radical (unpaired) electrons. The number of ether oxygens (including phenoxy) is 2. The monoisotopic (exact) mass is 487 g/mol. The summed E-state index contributed by atoms with van der Waals surface area (Å²) in [6.07, 6.45) is -6.17. The van der Waals surface area contributed by atoms with Crippen molar-refractivity contribution < 1.29 is 37.3 Å². The number of carbonyl (C=O) groups is 2. The fourth-order valence-electron chi connectivity index (χ4n) is 3.05. The molecule has 0 unspecified atom stereocenters.